The third-order valence-electron chi connectivity index (χ3n) is 1.96. The van der Waals surface area contributed by atoms with Crippen LogP contribution in [0.15, 0.2) is 22.7 Å². The molecule has 0 saturated carbocycles. The van der Waals surface area contributed by atoms with Crippen molar-refractivity contribution in [1.82, 2.24) is 5.32 Å². The number of benzene rings is 1. The SMILES string of the molecule is CCNC(C)c1cccc(Br)c1Cl. The van der Waals surface area contributed by atoms with Gasteiger partial charge in [0.1, 0.15) is 0 Å². The Kier molecular flexibility index (Phi) is 4.23. The second-order valence-corrected chi connectivity index (χ2v) is 4.15. The molecule has 1 unspecified atom stereocenters. The molecule has 72 valence electrons. The molecule has 0 aliphatic heterocycles. The first-order valence-corrected chi connectivity index (χ1v) is 5.51. The number of hydrogen-bond donors (Lipinski definition) is 1. The zero-order valence-electron chi connectivity index (χ0n) is 7.77. The molecule has 1 N–H and O–H groups in total. The molecule has 1 rings (SSSR count). The van der Waals surface area contributed by atoms with Crippen molar-refractivity contribution in [3.63, 3.8) is 0 Å². The van der Waals surface area contributed by atoms with E-state index < -0.39 is 0 Å². The van der Waals surface area contributed by atoms with Gasteiger partial charge in [0.05, 0.1) is 5.02 Å². The Morgan fingerprint density at radius 2 is 2.23 bits per heavy atom. The fourth-order valence-corrected chi connectivity index (χ4v) is 1.94. The van der Waals surface area contributed by atoms with E-state index in [1.54, 1.807) is 0 Å². The van der Waals surface area contributed by atoms with Crippen LogP contribution in [0, 0.1) is 0 Å². The molecule has 1 aromatic carbocycles. The van der Waals surface area contributed by atoms with Crippen molar-refractivity contribution in [3.8, 4) is 0 Å². The number of nitrogens with one attached hydrogen (secondary N) is 1. The summed E-state index contributed by atoms with van der Waals surface area (Å²) in [6, 6.07) is 6.29. The van der Waals surface area contributed by atoms with Crippen LogP contribution in [0.2, 0.25) is 5.02 Å². The predicted molar refractivity (Wildman–Crippen MR) is 61.2 cm³/mol. The maximum absolute atomic E-state index is 6.14. The van der Waals surface area contributed by atoms with Gasteiger partial charge < -0.3 is 5.32 Å². The van der Waals surface area contributed by atoms with Crippen molar-refractivity contribution in [1.29, 1.82) is 0 Å². The van der Waals surface area contributed by atoms with Crippen LogP contribution in [0.25, 0.3) is 0 Å². The zero-order valence-corrected chi connectivity index (χ0v) is 10.1. The quantitative estimate of drug-likeness (QED) is 0.874. The minimum absolute atomic E-state index is 0.301. The lowest BCUT2D eigenvalue weighted by molar-refractivity contribution is 0.598. The van der Waals surface area contributed by atoms with E-state index in [4.69, 9.17) is 11.6 Å². The molecule has 1 nitrogen and oxygen atoms in total. The van der Waals surface area contributed by atoms with Gasteiger partial charge in [-0.3, -0.25) is 0 Å². The Balaban J connectivity index is 2.93. The molecule has 0 saturated heterocycles. The van der Waals surface area contributed by atoms with Crippen LogP contribution in [-0.4, -0.2) is 6.54 Å². The zero-order chi connectivity index (χ0) is 9.84. The highest BCUT2D eigenvalue weighted by Crippen LogP contribution is 2.29. The molecular formula is C10H13BrClN. The van der Waals surface area contributed by atoms with Crippen molar-refractivity contribution in [2.24, 2.45) is 0 Å². The standard InChI is InChI=1S/C10H13BrClN/c1-3-13-7(2)8-5-4-6-9(11)10(8)12/h4-7,13H,3H2,1-2H3. The fourth-order valence-electron chi connectivity index (χ4n) is 1.27. The molecule has 0 amide bonds. The van der Waals surface area contributed by atoms with E-state index in [0.717, 1.165) is 21.6 Å². The summed E-state index contributed by atoms with van der Waals surface area (Å²) in [5, 5.41) is 4.13. The van der Waals surface area contributed by atoms with Crippen molar-refractivity contribution >= 4 is 27.5 Å². The van der Waals surface area contributed by atoms with E-state index in [9.17, 15) is 0 Å². The molecule has 1 aromatic rings. The van der Waals surface area contributed by atoms with Gasteiger partial charge in [0.15, 0.2) is 0 Å². The molecular weight excluding hydrogens is 249 g/mol. The van der Waals surface area contributed by atoms with Gasteiger partial charge >= 0.3 is 0 Å². The first-order chi connectivity index (χ1) is 6.16. The number of rotatable bonds is 3. The summed E-state index contributed by atoms with van der Waals surface area (Å²) in [5.41, 5.74) is 1.14. The van der Waals surface area contributed by atoms with Crippen LogP contribution < -0.4 is 5.32 Å². The summed E-state index contributed by atoms with van der Waals surface area (Å²) in [7, 11) is 0. The largest absolute Gasteiger partial charge is 0.310 e. The Labute approximate surface area is 92.6 Å². The molecule has 0 radical (unpaired) electrons. The second kappa shape index (κ2) is 4.99. The number of hydrogen-bond acceptors (Lipinski definition) is 1. The normalized spacial score (nSPS) is 12.9. The highest BCUT2D eigenvalue weighted by molar-refractivity contribution is 9.10. The lowest BCUT2D eigenvalue weighted by atomic mass is 10.1. The fraction of sp³-hybridized carbons (Fsp3) is 0.400. The highest BCUT2D eigenvalue weighted by atomic mass is 79.9. The Hall–Kier alpha value is -0.0500. The molecule has 0 aromatic heterocycles. The smallest absolute Gasteiger partial charge is 0.0595 e. The van der Waals surface area contributed by atoms with Crippen LogP contribution in [0.1, 0.15) is 25.5 Å². The lowest BCUT2D eigenvalue weighted by Crippen LogP contribution is -2.17. The van der Waals surface area contributed by atoms with Gasteiger partial charge in [-0.25, -0.2) is 0 Å². The summed E-state index contributed by atoms with van der Waals surface area (Å²) in [6.07, 6.45) is 0. The highest BCUT2D eigenvalue weighted by Gasteiger charge is 2.09. The Morgan fingerprint density at radius 3 is 2.85 bits per heavy atom. The average Bonchev–Trinajstić information content (AvgIpc) is 2.10. The molecule has 13 heavy (non-hydrogen) atoms. The maximum atomic E-state index is 6.14. The van der Waals surface area contributed by atoms with E-state index in [1.165, 1.54) is 0 Å². The van der Waals surface area contributed by atoms with Gasteiger partial charge in [0.25, 0.3) is 0 Å². The molecule has 0 bridgehead atoms. The van der Waals surface area contributed by atoms with E-state index in [0.29, 0.717) is 6.04 Å². The van der Waals surface area contributed by atoms with E-state index in [2.05, 4.69) is 35.1 Å². The monoisotopic (exact) mass is 261 g/mol. The van der Waals surface area contributed by atoms with Crippen LogP contribution in [0.3, 0.4) is 0 Å². The first-order valence-electron chi connectivity index (χ1n) is 4.34. The predicted octanol–water partition coefficient (Wildman–Crippen LogP) is 3.77. The van der Waals surface area contributed by atoms with E-state index in [-0.39, 0.29) is 0 Å². The van der Waals surface area contributed by atoms with Crippen molar-refractivity contribution in [2.45, 2.75) is 19.9 Å². The summed E-state index contributed by atoms with van der Waals surface area (Å²) >= 11 is 9.54. The van der Waals surface area contributed by atoms with Crippen LogP contribution in [-0.2, 0) is 0 Å². The molecule has 0 heterocycles. The molecule has 0 fully saturated rings. The van der Waals surface area contributed by atoms with Gasteiger partial charge in [-0.15, -0.1) is 0 Å². The topological polar surface area (TPSA) is 12.0 Å². The Morgan fingerprint density at radius 1 is 1.54 bits per heavy atom. The summed E-state index contributed by atoms with van der Waals surface area (Å²) in [5.74, 6) is 0. The van der Waals surface area contributed by atoms with Crippen LogP contribution >= 0.6 is 27.5 Å². The average molecular weight is 263 g/mol. The third-order valence-corrected chi connectivity index (χ3v) is 3.27. The minimum Gasteiger partial charge on any atom is -0.310 e. The van der Waals surface area contributed by atoms with E-state index >= 15 is 0 Å². The van der Waals surface area contributed by atoms with Crippen molar-refractivity contribution in [2.75, 3.05) is 6.54 Å². The van der Waals surface area contributed by atoms with Crippen molar-refractivity contribution < 1.29 is 0 Å². The van der Waals surface area contributed by atoms with Gasteiger partial charge in [0, 0.05) is 10.5 Å². The van der Waals surface area contributed by atoms with Gasteiger partial charge in [0.2, 0.25) is 0 Å². The summed E-state index contributed by atoms with van der Waals surface area (Å²) < 4.78 is 0.955. The molecule has 3 heteroatoms. The third kappa shape index (κ3) is 2.70. The van der Waals surface area contributed by atoms with Crippen LogP contribution in [0.5, 0.6) is 0 Å². The van der Waals surface area contributed by atoms with Gasteiger partial charge in [-0.2, -0.15) is 0 Å². The maximum Gasteiger partial charge on any atom is 0.0595 e. The van der Waals surface area contributed by atoms with Gasteiger partial charge in [-0.1, -0.05) is 30.7 Å². The van der Waals surface area contributed by atoms with Crippen molar-refractivity contribution in [3.05, 3.63) is 33.3 Å². The summed E-state index contributed by atoms with van der Waals surface area (Å²) in [6.45, 7) is 5.14. The van der Waals surface area contributed by atoms with Crippen LogP contribution in [0.4, 0.5) is 0 Å². The van der Waals surface area contributed by atoms with Gasteiger partial charge in [-0.05, 0) is 41.0 Å². The summed E-state index contributed by atoms with van der Waals surface area (Å²) in [4.78, 5) is 0. The Bertz CT molecular complexity index is 288. The first kappa shape index (κ1) is 11.0. The van der Waals surface area contributed by atoms with E-state index in [1.807, 2.05) is 18.2 Å². The minimum atomic E-state index is 0.301. The molecule has 0 aliphatic carbocycles. The molecule has 0 aliphatic rings. The molecule has 0 spiro atoms. The molecule has 1 atom stereocenters. The number of halogens is 2. The second-order valence-electron chi connectivity index (χ2n) is 2.92. The lowest BCUT2D eigenvalue weighted by Gasteiger charge is -2.14.